The summed E-state index contributed by atoms with van der Waals surface area (Å²) in [5, 5.41) is 0. The van der Waals surface area contributed by atoms with Gasteiger partial charge in [0.05, 0.1) is 6.54 Å². The molecule has 0 N–H and O–H groups in total. The van der Waals surface area contributed by atoms with Gasteiger partial charge in [-0.15, -0.1) is 0 Å². The fourth-order valence-corrected chi connectivity index (χ4v) is 1.97. The van der Waals surface area contributed by atoms with Crippen LogP contribution in [0.15, 0.2) is 12.3 Å². The number of carbonyl (C=O) groups excluding carboxylic acids is 2. The van der Waals surface area contributed by atoms with Crippen LogP contribution in [0.4, 0.5) is 4.79 Å². The molecule has 98 valence electrons. The van der Waals surface area contributed by atoms with E-state index in [-0.39, 0.29) is 6.09 Å². The molecule has 1 aromatic rings. The van der Waals surface area contributed by atoms with E-state index in [1.807, 2.05) is 37.6 Å². The zero-order valence-electron chi connectivity index (χ0n) is 11.0. The molecule has 0 aliphatic carbocycles. The summed E-state index contributed by atoms with van der Waals surface area (Å²) in [6.07, 6.45) is 2.33. The third-order valence-corrected chi connectivity index (χ3v) is 2.76. The van der Waals surface area contributed by atoms with Gasteiger partial charge in [0.15, 0.2) is 6.29 Å². The summed E-state index contributed by atoms with van der Waals surface area (Å²) in [5.41, 5.74) is 1.13. The van der Waals surface area contributed by atoms with Crippen LogP contribution in [0.2, 0.25) is 0 Å². The number of fused-ring (bicyclic) bond motifs is 1. The number of carbonyl (C=O) groups is 2. The van der Waals surface area contributed by atoms with E-state index in [1.54, 1.807) is 4.90 Å². The van der Waals surface area contributed by atoms with Gasteiger partial charge >= 0.3 is 6.09 Å². The van der Waals surface area contributed by atoms with Gasteiger partial charge in [-0.3, -0.25) is 4.79 Å². The molecule has 0 radical (unpaired) electrons. The van der Waals surface area contributed by atoms with Gasteiger partial charge in [-0.1, -0.05) is 0 Å². The summed E-state index contributed by atoms with van der Waals surface area (Å²) >= 11 is 0. The molecule has 0 saturated carbocycles. The average Bonchev–Trinajstić information content (AvgIpc) is 2.68. The zero-order chi connectivity index (χ0) is 13.3. The molecule has 5 heteroatoms. The molecular formula is C13H18N2O3. The maximum atomic E-state index is 11.9. The average molecular weight is 250 g/mol. The third-order valence-electron chi connectivity index (χ3n) is 2.76. The first-order valence-electron chi connectivity index (χ1n) is 6.01. The second kappa shape index (κ2) is 4.48. The van der Waals surface area contributed by atoms with Gasteiger partial charge in [0.2, 0.25) is 0 Å². The monoisotopic (exact) mass is 250 g/mol. The number of hydrogen-bond donors (Lipinski definition) is 0. The Morgan fingerprint density at radius 1 is 1.39 bits per heavy atom. The van der Waals surface area contributed by atoms with Crippen LogP contribution in [0.25, 0.3) is 0 Å². The van der Waals surface area contributed by atoms with E-state index in [0.717, 1.165) is 12.0 Å². The highest BCUT2D eigenvalue weighted by Crippen LogP contribution is 2.18. The van der Waals surface area contributed by atoms with Gasteiger partial charge in [0.25, 0.3) is 0 Å². The Morgan fingerprint density at radius 3 is 2.72 bits per heavy atom. The van der Waals surface area contributed by atoms with Gasteiger partial charge in [-0.05, 0) is 26.8 Å². The second-order valence-electron chi connectivity index (χ2n) is 5.48. The van der Waals surface area contributed by atoms with Crippen molar-refractivity contribution in [3.8, 4) is 0 Å². The fourth-order valence-electron chi connectivity index (χ4n) is 1.97. The minimum atomic E-state index is -0.482. The molecule has 1 aliphatic heterocycles. The molecule has 0 bridgehead atoms. The molecule has 0 spiro atoms. The SMILES string of the molecule is CC(C)(C)OC(=O)N1CCn2cc(C=O)cc2C1. The van der Waals surface area contributed by atoms with Crippen molar-refractivity contribution in [2.75, 3.05) is 6.54 Å². The largest absolute Gasteiger partial charge is 0.444 e. The van der Waals surface area contributed by atoms with Crippen LogP contribution in [0.3, 0.4) is 0 Å². The number of ether oxygens (including phenoxy) is 1. The molecule has 0 aromatic carbocycles. The van der Waals surface area contributed by atoms with Crippen molar-refractivity contribution in [1.29, 1.82) is 0 Å². The molecule has 0 unspecified atom stereocenters. The molecule has 2 rings (SSSR count). The topological polar surface area (TPSA) is 51.5 Å². The van der Waals surface area contributed by atoms with Crippen LogP contribution in [-0.4, -0.2) is 34.0 Å². The number of amides is 1. The summed E-state index contributed by atoms with van der Waals surface area (Å²) < 4.78 is 7.34. The third kappa shape index (κ3) is 2.72. The first kappa shape index (κ1) is 12.7. The highest BCUT2D eigenvalue weighted by Gasteiger charge is 2.25. The highest BCUT2D eigenvalue weighted by molar-refractivity contribution is 5.75. The number of aromatic nitrogens is 1. The Kier molecular flexibility index (Phi) is 3.15. The van der Waals surface area contributed by atoms with E-state index in [9.17, 15) is 9.59 Å². The molecule has 0 atom stereocenters. The van der Waals surface area contributed by atoms with E-state index in [4.69, 9.17) is 4.74 Å². The molecule has 1 aliphatic rings. The van der Waals surface area contributed by atoms with Crippen molar-refractivity contribution in [2.24, 2.45) is 0 Å². The number of aldehydes is 1. The lowest BCUT2D eigenvalue weighted by atomic mass is 10.2. The standard InChI is InChI=1S/C13H18N2O3/c1-13(2,3)18-12(17)15-5-4-14-7-10(9-16)6-11(14)8-15/h6-7,9H,4-5,8H2,1-3H3. The lowest BCUT2D eigenvalue weighted by Gasteiger charge is -2.30. The molecule has 1 amide bonds. The van der Waals surface area contributed by atoms with Gasteiger partial charge in [0.1, 0.15) is 5.60 Å². The Labute approximate surface area is 106 Å². The van der Waals surface area contributed by atoms with E-state index in [0.29, 0.717) is 25.2 Å². The van der Waals surface area contributed by atoms with Crippen molar-refractivity contribution in [1.82, 2.24) is 9.47 Å². The van der Waals surface area contributed by atoms with Crippen LogP contribution in [0, 0.1) is 0 Å². The highest BCUT2D eigenvalue weighted by atomic mass is 16.6. The number of nitrogens with zero attached hydrogens (tertiary/aromatic N) is 2. The second-order valence-corrected chi connectivity index (χ2v) is 5.48. The summed E-state index contributed by atoms with van der Waals surface area (Å²) in [4.78, 5) is 24.3. The minimum Gasteiger partial charge on any atom is -0.444 e. The summed E-state index contributed by atoms with van der Waals surface area (Å²) in [5.74, 6) is 0. The smallest absolute Gasteiger partial charge is 0.410 e. The van der Waals surface area contributed by atoms with Gasteiger partial charge in [-0.25, -0.2) is 4.79 Å². The summed E-state index contributed by atoms with van der Waals surface area (Å²) in [6, 6.07) is 1.81. The van der Waals surface area contributed by atoms with Gasteiger partial charge < -0.3 is 14.2 Å². The van der Waals surface area contributed by atoms with Gasteiger partial charge in [-0.2, -0.15) is 0 Å². The van der Waals surface area contributed by atoms with E-state index < -0.39 is 5.60 Å². The fraction of sp³-hybridized carbons (Fsp3) is 0.538. The lowest BCUT2D eigenvalue weighted by Crippen LogP contribution is -2.41. The maximum Gasteiger partial charge on any atom is 0.410 e. The van der Waals surface area contributed by atoms with Crippen molar-refractivity contribution in [3.63, 3.8) is 0 Å². The summed E-state index contributed by atoms with van der Waals surface area (Å²) in [6.45, 7) is 7.34. The minimum absolute atomic E-state index is 0.303. The zero-order valence-corrected chi connectivity index (χ0v) is 11.0. The molecule has 18 heavy (non-hydrogen) atoms. The van der Waals surface area contributed by atoms with Crippen LogP contribution >= 0.6 is 0 Å². The van der Waals surface area contributed by atoms with Crippen molar-refractivity contribution in [2.45, 2.75) is 39.5 Å². The maximum absolute atomic E-state index is 11.9. The predicted molar refractivity (Wildman–Crippen MR) is 66.5 cm³/mol. The molecule has 2 heterocycles. The number of hydrogen-bond acceptors (Lipinski definition) is 3. The van der Waals surface area contributed by atoms with Crippen molar-refractivity contribution < 1.29 is 14.3 Å². The van der Waals surface area contributed by atoms with E-state index in [2.05, 4.69) is 0 Å². The Bertz CT molecular complexity index is 471. The molecule has 0 fully saturated rings. The summed E-state index contributed by atoms with van der Waals surface area (Å²) in [7, 11) is 0. The normalized spacial score (nSPS) is 15.2. The van der Waals surface area contributed by atoms with Crippen molar-refractivity contribution >= 4 is 12.4 Å². The first-order valence-corrected chi connectivity index (χ1v) is 6.01. The van der Waals surface area contributed by atoms with Crippen LogP contribution in [0.1, 0.15) is 36.8 Å². The molecule has 0 saturated heterocycles. The Hall–Kier alpha value is -1.78. The molecule has 5 nitrogen and oxygen atoms in total. The molecule has 1 aromatic heterocycles. The van der Waals surface area contributed by atoms with E-state index in [1.165, 1.54) is 0 Å². The Balaban J connectivity index is 2.07. The lowest BCUT2D eigenvalue weighted by molar-refractivity contribution is 0.0199. The van der Waals surface area contributed by atoms with Crippen LogP contribution < -0.4 is 0 Å². The van der Waals surface area contributed by atoms with Crippen LogP contribution in [0.5, 0.6) is 0 Å². The molecular weight excluding hydrogens is 232 g/mol. The van der Waals surface area contributed by atoms with E-state index >= 15 is 0 Å². The Morgan fingerprint density at radius 2 is 2.11 bits per heavy atom. The van der Waals surface area contributed by atoms with Crippen molar-refractivity contribution in [3.05, 3.63) is 23.5 Å². The van der Waals surface area contributed by atoms with Gasteiger partial charge in [0, 0.05) is 30.5 Å². The first-order chi connectivity index (χ1) is 8.39. The van der Waals surface area contributed by atoms with Crippen LogP contribution in [-0.2, 0) is 17.8 Å². The number of rotatable bonds is 1. The quantitative estimate of drug-likeness (QED) is 0.717. The predicted octanol–water partition coefficient (Wildman–Crippen LogP) is 2.05.